The molecule has 0 aliphatic carbocycles. The van der Waals surface area contributed by atoms with E-state index in [0.717, 1.165) is 0 Å². The molecule has 1 aromatic rings. The fourth-order valence-corrected chi connectivity index (χ4v) is 2.07. The molecule has 0 bridgehead atoms. The van der Waals surface area contributed by atoms with Crippen molar-refractivity contribution in [2.45, 2.75) is 0 Å². The normalized spacial score (nSPS) is 9.31. The quantitative estimate of drug-likeness (QED) is 0.452. The summed E-state index contributed by atoms with van der Waals surface area (Å²) in [5.74, 6) is 0. The molecular weight excluding hydrogens is 306 g/mol. The first-order valence-electron chi connectivity index (χ1n) is 3.05. The van der Waals surface area contributed by atoms with Crippen molar-refractivity contribution in [1.82, 2.24) is 0 Å². The Labute approximate surface area is 89.8 Å². The van der Waals surface area contributed by atoms with Gasteiger partial charge in [0.2, 0.25) is 5.39 Å². The van der Waals surface area contributed by atoms with Gasteiger partial charge in [-0.05, 0) is 31.9 Å². The number of benzene rings is 1. The summed E-state index contributed by atoms with van der Waals surface area (Å²) in [4.78, 5) is 12.8. The van der Waals surface area contributed by atoms with Gasteiger partial charge in [-0.2, -0.15) is 0 Å². The molecule has 0 aliphatic rings. The SMILES string of the molecule is N#[N+]c1c(Br)cc([N+](=O)[O-])cc1Br. The number of non-ortho nitro benzene ring substituents is 1. The highest BCUT2D eigenvalue weighted by Crippen LogP contribution is 2.37. The summed E-state index contributed by atoms with van der Waals surface area (Å²) in [7, 11) is 0. The van der Waals surface area contributed by atoms with Gasteiger partial charge in [0.25, 0.3) is 5.69 Å². The number of hydrogen-bond acceptors (Lipinski definition) is 3. The van der Waals surface area contributed by atoms with E-state index in [1.54, 1.807) is 0 Å². The highest BCUT2D eigenvalue weighted by Gasteiger charge is 2.22. The number of nitro groups is 1. The average Bonchev–Trinajstić information content (AvgIpc) is 2.03. The van der Waals surface area contributed by atoms with Gasteiger partial charge in [0.05, 0.1) is 4.92 Å². The van der Waals surface area contributed by atoms with Crippen molar-refractivity contribution >= 4 is 43.2 Å². The molecule has 0 radical (unpaired) electrons. The summed E-state index contributed by atoms with van der Waals surface area (Å²) in [6.07, 6.45) is 0. The molecular formula is C6H2Br2N3O2+. The topological polar surface area (TPSA) is 71.3 Å². The van der Waals surface area contributed by atoms with Crippen LogP contribution in [-0.4, -0.2) is 4.92 Å². The van der Waals surface area contributed by atoms with E-state index >= 15 is 0 Å². The molecule has 1 rings (SSSR count). The van der Waals surface area contributed by atoms with Crippen LogP contribution < -0.4 is 0 Å². The largest absolute Gasteiger partial charge is 0.413 e. The molecule has 13 heavy (non-hydrogen) atoms. The minimum absolute atomic E-state index is 0.0776. The number of halogens is 2. The molecule has 0 fully saturated rings. The predicted octanol–water partition coefficient (Wildman–Crippen LogP) is 3.60. The van der Waals surface area contributed by atoms with Crippen LogP contribution >= 0.6 is 31.9 Å². The van der Waals surface area contributed by atoms with Gasteiger partial charge >= 0.3 is 5.69 Å². The summed E-state index contributed by atoms with van der Waals surface area (Å²) in [6.45, 7) is 0. The van der Waals surface area contributed by atoms with E-state index in [1.165, 1.54) is 12.1 Å². The number of nitro benzene ring substituents is 1. The predicted molar refractivity (Wildman–Crippen MR) is 53.2 cm³/mol. The molecule has 0 unspecified atom stereocenters. The van der Waals surface area contributed by atoms with Crippen LogP contribution in [0.1, 0.15) is 0 Å². The van der Waals surface area contributed by atoms with E-state index in [2.05, 4.69) is 36.8 Å². The Kier molecular flexibility index (Phi) is 2.95. The lowest BCUT2D eigenvalue weighted by Crippen LogP contribution is -1.87. The lowest BCUT2D eigenvalue weighted by molar-refractivity contribution is -0.385. The average molecular weight is 308 g/mol. The van der Waals surface area contributed by atoms with Crippen molar-refractivity contribution in [3.63, 3.8) is 0 Å². The smallest absolute Gasteiger partial charge is 0.258 e. The van der Waals surface area contributed by atoms with Gasteiger partial charge in [-0.25, -0.2) is 0 Å². The van der Waals surface area contributed by atoms with Crippen LogP contribution in [0.3, 0.4) is 0 Å². The molecule has 0 aliphatic heterocycles. The van der Waals surface area contributed by atoms with Crippen molar-refractivity contribution in [3.8, 4) is 0 Å². The Balaban J connectivity index is 3.39. The van der Waals surface area contributed by atoms with Gasteiger partial charge in [0.15, 0.2) is 4.98 Å². The first kappa shape index (κ1) is 10.1. The Hall–Kier alpha value is -1.00. The van der Waals surface area contributed by atoms with Crippen molar-refractivity contribution < 1.29 is 4.92 Å². The van der Waals surface area contributed by atoms with Crippen LogP contribution in [0.2, 0.25) is 0 Å². The zero-order valence-corrected chi connectivity index (χ0v) is 9.24. The first-order chi connectivity index (χ1) is 6.06. The fourth-order valence-electron chi connectivity index (χ4n) is 0.753. The summed E-state index contributed by atoms with van der Waals surface area (Å²) in [5.41, 5.74) is 0.150. The zero-order chi connectivity index (χ0) is 10.0. The van der Waals surface area contributed by atoms with Gasteiger partial charge in [0, 0.05) is 12.1 Å². The van der Waals surface area contributed by atoms with Crippen molar-refractivity contribution in [2.75, 3.05) is 0 Å². The molecule has 0 aromatic heterocycles. The second-order valence-corrected chi connectivity index (χ2v) is 3.82. The first-order valence-corrected chi connectivity index (χ1v) is 4.63. The number of nitrogens with zero attached hydrogens (tertiary/aromatic N) is 3. The summed E-state index contributed by atoms with van der Waals surface area (Å²) < 4.78 is 0.715. The standard InChI is InChI=1S/C6H2Br2N3O2/c7-4-1-3(11(12)13)2-5(8)6(4)10-9/h1-2H/q+1. The Morgan fingerprint density at radius 2 is 1.85 bits per heavy atom. The summed E-state index contributed by atoms with van der Waals surface area (Å²) >= 11 is 6.08. The summed E-state index contributed by atoms with van der Waals surface area (Å²) in [5, 5.41) is 18.9. The van der Waals surface area contributed by atoms with Gasteiger partial charge in [-0.15, -0.1) is 0 Å². The maximum atomic E-state index is 10.4. The van der Waals surface area contributed by atoms with E-state index in [1.807, 2.05) is 0 Å². The zero-order valence-electron chi connectivity index (χ0n) is 6.07. The molecule has 66 valence electrons. The number of diazo groups is 1. The molecule has 5 nitrogen and oxygen atoms in total. The van der Waals surface area contributed by atoms with E-state index in [-0.39, 0.29) is 11.4 Å². The highest BCUT2D eigenvalue weighted by molar-refractivity contribution is 9.11. The van der Waals surface area contributed by atoms with Crippen LogP contribution in [-0.2, 0) is 0 Å². The number of rotatable bonds is 1. The minimum atomic E-state index is -0.531. The van der Waals surface area contributed by atoms with Crippen molar-refractivity contribution in [1.29, 1.82) is 5.39 Å². The highest BCUT2D eigenvalue weighted by atomic mass is 79.9. The van der Waals surface area contributed by atoms with Crippen LogP contribution in [0.25, 0.3) is 4.98 Å². The van der Waals surface area contributed by atoms with Crippen LogP contribution in [0, 0.1) is 15.5 Å². The molecule has 0 saturated heterocycles. The molecule has 0 atom stereocenters. The monoisotopic (exact) mass is 306 g/mol. The summed E-state index contributed by atoms with van der Waals surface area (Å²) in [6, 6.07) is 2.53. The third-order valence-corrected chi connectivity index (χ3v) is 2.52. The Bertz CT molecular complexity index is 390. The Morgan fingerprint density at radius 1 is 1.38 bits per heavy atom. The molecule has 0 spiro atoms. The molecule has 0 amide bonds. The fraction of sp³-hybridized carbons (Fsp3) is 0. The molecule has 0 saturated carbocycles. The second kappa shape index (κ2) is 3.81. The second-order valence-electron chi connectivity index (χ2n) is 2.12. The maximum Gasteiger partial charge on any atom is 0.413 e. The Morgan fingerprint density at radius 3 is 2.15 bits per heavy atom. The third-order valence-electron chi connectivity index (χ3n) is 1.31. The van der Waals surface area contributed by atoms with Crippen LogP contribution in [0.5, 0.6) is 0 Å². The van der Waals surface area contributed by atoms with E-state index in [4.69, 9.17) is 5.39 Å². The van der Waals surface area contributed by atoms with Crippen LogP contribution in [0.15, 0.2) is 21.1 Å². The van der Waals surface area contributed by atoms with E-state index in [9.17, 15) is 10.1 Å². The molecule has 0 N–H and O–H groups in total. The minimum Gasteiger partial charge on any atom is -0.258 e. The van der Waals surface area contributed by atoms with Crippen molar-refractivity contribution in [2.24, 2.45) is 0 Å². The third kappa shape index (κ3) is 2.02. The van der Waals surface area contributed by atoms with Crippen molar-refractivity contribution in [3.05, 3.63) is 36.2 Å². The van der Waals surface area contributed by atoms with Gasteiger partial charge < -0.3 is 0 Å². The lowest BCUT2D eigenvalue weighted by atomic mass is 10.3. The maximum absolute atomic E-state index is 10.4. The van der Waals surface area contributed by atoms with Gasteiger partial charge in [-0.1, -0.05) is 0 Å². The van der Waals surface area contributed by atoms with Gasteiger partial charge in [0.1, 0.15) is 8.95 Å². The number of hydrogen-bond donors (Lipinski definition) is 0. The van der Waals surface area contributed by atoms with Gasteiger partial charge in [-0.3, -0.25) is 10.1 Å². The molecule has 7 heteroatoms. The van der Waals surface area contributed by atoms with Crippen LogP contribution in [0.4, 0.5) is 11.4 Å². The van der Waals surface area contributed by atoms with E-state index in [0.29, 0.717) is 8.95 Å². The molecule has 0 heterocycles. The van der Waals surface area contributed by atoms with E-state index < -0.39 is 4.92 Å². The molecule has 1 aromatic carbocycles. The lowest BCUT2D eigenvalue weighted by Gasteiger charge is -1.91.